The Labute approximate surface area is 102 Å². The molecule has 18 heavy (non-hydrogen) atoms. The third kappa shape index (κ3) is 3.92. The van der Waals surface area contributed by atoms with Gasteiger partial charge in [0, 0.05) is 0 Å². The summed E-state index contributed by atoms with van der Waals surface area (Å²) in [7, 11) is 3.05. The fourth-order valence-corrected chi connectivity index (χ4v) is 1.54. The Morgan fingerprint density at radius 1 is 1.39 bits per heavy atom. The van der Waals surface area contributed by atoms with E-state index in [0.29, 0.717) is 0 Å². The number of alkyl halides is 3. The first kappa shape index (κ1) is 14.3. The third-order valence-electron chi connectivity index (χ3n) is 2.16. The van der Waals surface area contributed by atoms with Crippen LogP contribution in [0.25, 0.3) is 0 Å². The normalized spacial score (nSPS) is 13.4. The molecule has 0 aliphatic carbocycles. The topological polar surface area (TPSA) is 49.8 Å². The molecule has 0 amide bonds. The minimum absolute atomic E-state index is 0.217. The van der Waals surface area contributed by atoms with Gasteiger partial charge in [-0.3, -0.25) is 9.69 Å². The van der Waals surface area contributed by atoms with Gasteiger partial charge in [0.15, 0.2) is 0 Å². The number of benzene rings is 1. The third-order valence-corrected chi connectivity index (χ3v) is 2.16. The van der Waals surface area contributed by atoms with Crippen LogP contribution in [-0.2, 0) is 4.79 Å². The Hall–Kier alpha value is -1.76. The number of carboxylic acids is 1. The zero-order valence-electron chi connectivity index (χ0n) is 9.73. The molecule has 0 aliphatic rings. The van der Waals surface area contributed by atoms with Crippen LogP contribution in [-0.4, -0.2) is 36.4 Å². The summed E-state index contributed by atoms with van der Waals surface area (Å²) in [4.78, 5) is 12.4. The summed E-state index contributed by atoms with van der Waals surface area (Å²) in [5.74, 6) is -1.59. The van der Waals surface area contributed by atoms with Crippen molar-refractivity contribution >= 4 is 5.97 Å². The molecule has 4 nitrogen and oxygen atoms in total. The van der Waals surface area contributed by atoms with Crippen LogP contribution in [0, 0.1) is 0 Å². The number of carboxylic acid groups (broad SMARTS) is 1. The first-order valence-electron chi connectivity index (χ1n) is 4.95. The maximum atomic E-state index is 12.0. The van der Waals surface area contributed by atoms with E-state index in [2.05, 4.69) is 4.74 Å². The predicted molar refractivity (Wildman–Crippen MR) is 57.2 cm³/mol. The van der Waals surface area contributed by atoms with Crippen molar-refractivity contribution < 1.29 is 27.8 Å². The highest BCUT2D eigenvalue weighted by Crippen LogP contribution is 2.27. The minimum Gasteiger partial charge on any atom is -0.480 e. The number of likely N-dealkylation sites (N-methyl/N-ethyl adjacent to an activating group) is 1. The molecule has 1 aromatic carbocycles. The lowest BCUT2D eigenvalue weighted by Crippen LogP contribution is -2.27. The lowest BCUT2D eigenvalue weighted by atomic mass is 10.1. The van der Waals surface area contributed by atoms with Crippen molar-refractivity contribution in [2.45, 2.75) is 12.4 Å². The van der Waals surface area contributed by atoms with Gasteiger partial charge >= 0.3 is 12.3 Å². The summed E-state index contributed by atoms with van der Waals surface area (Å²) in [5.41, 5.74) is 0.217. The van der Waals surface area contributed by atoms with Gasteiger partial charge in [-0.05, 0) is 31.8 Å². The summed E-state index contributed by atoms with van der Waals surface area (Å²) < 4.78 is 39.9. The number of hydrogen-bond acceptors (Lipinski definition) is 3. The molecule has 100 valence electrons. The molecule has 0 unspecified atom stereocenters. The predicted octanol–water partition coefficient (Wildman–Crippen LogP) is 2.27. The average molecular weight is 263 g/mol. The van der Waals surface area contributed by atoms with Gasteiger partial charge in [-0.1, -0.05) is 12.1 Å². The molecule has 1 aromatic rings. The van der Waals surface area contributed by atoms with Crippen LogP contribution in [0.3, 0.4) is 0 Å². The lowest BCUT2D eigenvalue weighted by Gasteiger charge is -2.21. The zero-order valence-corrected chi connectivity index (χ0v) is 9.73. The molecule has 0 fully saturated rings. The highest BCUT2D eigenvalue weighted by Gasteiger charge is 2.31. The van der Waals surface area contributed by atoms with E-state index in [4.69, 9.17) is 5.11 Å². The van der Waals surface area contributed by atoms with E-state index in [-0.39, 0.29) is 5.56 Å². The molecular formula is C11H12F3NO3. The van der Waals surface area contributed by atoms with Crippen LogP contribution < -0.4 is 4.74 Å². The quantitative estimate of drug-likeness (QED) is 0.905. The second kappa shape index (κ2) is 5.26. The number of nitrogens with zero attached hydrogens (tertiary/aromatic N) is 1. The van der Waals surface area contributed by atoms with E-state index in [0.717, 1.165) is 12.1 Å². The summed E-state index contributed by atoms with van der Waals surface area (Å²) in [5, 5.41) is 9.02. The number of ether oxygens (including phenoxy) is 1. The van der Waals surface area contributed by atoms with Crippen LogP contribution >= 0.6 is 0 Å². The Kier molecular flexibility index (Phi) is 4.18. The summed E-state index contributed by atoms with van der Waals surface area (Å²) in [6.07, 6.45) is -4.80. The molecule has 0 aromatic heterocycles. The van der Waals surface area contributed by atoms with Gasteiger partial charge in [-0.15, -0.1) is 13.2 Å². The SMILES string of the molecule is CN(C)[C@@H](C(=O)O)c1cccc(OC(F)(F)F)c1. The highest BCUT2D eigenvalue weighted by molar-refractivity contribution is 5.75. The van der Waals surface area contributed by atoms with Crippen LogP contribution in [0.1, 0.15) is 11.6 Å². The van der Waals surface area contributed by atoms with E-state index >= 15 is 0 Å². The van der Waals surface area contributed by atoms with E-state index in [9.17, 15) is 18.0 Å². The van der Waals surface area contributed by atoms with Crippen molar-refractivity contribution in [3.05, 3.63) is 29.8 Å². The smallest absolute Gasteiger partial charge is 0.480 e. The molecule has 0 bridgehead atoms. The Morgan fingerprint density at radius 3 is 2.44 bits per heavy atom. The van der Waals surface area contributed by atoms with Gasteiger partial charge in [-0.2, -0.15) is 0 Å². The second-order valence-corrected chi connectivity index (χ2v) is 3.82. The number of carbonyl (C=O) groups is 1. The van der Waals surface area contributed by atoms with Crippen LogP contribution in [0.5, 0.6) is 5.75 Å². The summed E-state index contributed by atoms with van der Waals surface area (Å²) >= 11 is 0. The van der Waals surface area contributed by atoms with E-state index < -0.39 is 24.1 Å². The lowest BCUT2D eigenvalue weighted by molar-refractivity contribution is -0.274. The standard InChI is InChI=1S/C11H12F3NO3/c1-15(2)9(10(16)17)7-4-3-5-8(6-7)18-11(12,13)14/h3-6,9H,1-2H3,(H,16,17)/t9-/m1/s1. The number of hydrogen-bond donors (Lipinski definition) is 1. The van der Waals surface area contributed by atoms with Crippen molar-refractivity contribution in [2.24, 2.45) is 0 Å². The fraction of sp³-hybridized carbons (Fsp3) is 0.364. The average Bonchev–Trinajstić information content (AvgIpc) is 2.13. The van der Waals surface area contributed by atoms with E-state index in [1.165, 1.54) is 31.1 Å². The molecule has 0 heterocycles. The minimum atomic E-state index is -4.80. The summed E-state index contributed by atoms with van der Waals surface area (Å²) in [6.45, 7) is 0. The zero-order chi connectivity index (χ0) is 13.9. The van der Waals surface area contributed by atoms with E-state index in [1.807, 2.05) is 0 Å². The maximum Gasteiger partial charge on any atom is 0.573 e. The maximum absolute atomic E-state index is 12.0. The molecule has 1 N–H and O–H groups in total. The first-order valence-corrected chi connectivity index (χ1v) is 4.95. The van der Waals surface area contributed by atoms with Gasteiger partial charge in [0.25, 0.3) is 0 Å². The van der Waals surface area contributed by atoms with Crippen molar-refractivity contribution in [3.63, 3.8) is 0 Å². The molecule has 0 radical (unpaired) electrons. The second-order valence-electron chi connectivity index (χ2n) is 3.82. The van der Waals surface area contributed by atoms with E-state index in [1.54, 1.807) is 0 Å². The molecule has 0 spiro atoms. The molecular weight excluding hydrogens is 251 g/mol. The first-order chi connectivity index (χ1) is 8.20. The molecule has 0 saturated carbocycles. The molecule has 7 heteroatoms. The molecule has 0 saturated heterocycles. The number of rotatable bonds is 4. The van der Waals surface area contributed by atoms with Gasteiger partial charge < -0.3 is 9.84 Å². The van der Waals surface area contributed by atoms with Crippen molar-refractivity contribution in [2.75, 3.05) is 14.1 Å². The molecule has 1 rings (SSSR count). The fourth-order valence-electron chi connectivity index (χ4n) is 1.54. The molecule has 1 atom stereocenters. The van der Waals surface area contributed by atoms with Crippen LogP contribution in [0.2, 0.25) is 0 Å². The van der Waals surface area contributed by atoms with Crippen molar-refractivity contribution in [1.29, 1.82) is 0 Å². The largest absolute Gasteiger partial charge is 0.573 e. The summed E-state index contributed by atoms with van der Waals surface area (Å²) in [6, 6.07) is 3.90. The number of aliphatic carboxylic acids is 1. The van der Waals surface area contributed by atoms with Crippen molar-refractivity contribution in [3.8, 4) is 5.75 Å². The Bertz CT molecular complexity index is 432. The van der Waals surface area contributed by atoms with Gasteiger partial charge in [0.05, 0.1) is 0 Å². The Morgan fingerprint density at radius 2 is 2.00 bits per heavy atom. The molecule has 0 aliphatic heterocycles. The van der Waals surface area contributed by atoms with Crippen molar-refractivity contribution in [1.82, 2.24) is 4.90 Å². The van der Waals surface area contributed by atoms with Gasteiger partial charge in [0.1, 0.15) is 11.8 Å². The monoisotopic (exact) mass is 263 g/mol. The van der Waals surface area contributed by atoms with Gasteiger partial charge in [-0.25, -0.2) is 0 Å². The highest BCUT2D eigenvalue weighted by atomic mass is 19.4. The Balaban J connectivity index is 3.03. The van der Waals surface area contributed by atoms with Crippen LogP contribution in [0.15, 0.2) is 24.3 Å². The van der Waals surface area contributed by atoms with Crippen LogP contribution in [0.4, 0.5) is 13.2 Å². The number of halogens is 3. The van der Waals surface area contributed by atoms with Gasteiger partial charge in [0.2, 0.25) is 0 Å².